The molecule has 0 aliphatic heterocycles. The van der Waals surface area contributed by atoms with Crippen LogP contribution in [0.2, 0.25) is 0 Å². The summed E-state index contributed by atoms with van der Waals surface area (Å²) in [5, 5.41) is 33.3. The lowest BCUT2D eigenvalue weighted by Crippen LogP contribution is -2.45. The van der Waals surface area contributed by atoms with Gasteiger partial charge >= 0.3 is 11.9 Å². The van der Waals surface area contributed by atoms with Gasteiger partial charge in [0, 0.05) is 51.6 Å². The molecule has 3 atom stereocenters. The van der Waals surface area contributed by atoms with Gasteiger partial charge in [0.2, 0.25) is 41.4 Å². The number of ether oxygens (including phenoxy) is 4. The summed E-state index contributed by atoms with van der Waals surface area (Å²) in [6, 6.07) is -2.97. The van der Waals surface area contributed by atoms with Crippen molar-refractivity contribution < 1.29 is 89.5 Å². The van der Waals surface area contributed by atoms with E-state index in [1.165, 1.54) is 7.05 Å². The summed E-state index contributed by atoms with van der Waals surface area (Å²) in [6.45, 7) is 6.33. The highest BCUT2D eigenvalue weighted by Gasteiger charge is 2.34. The van der Waals surface area contributed by atoms with Crippen LogP contribution in [-0.4, -0.2) is 184 Å². The molecule has 0 radical (unpaired) electrons. The Balaban J connectivity index is 4.23. The molecule has 0 aliphatic carbocycles. The predicted octanol–water partition coefficient (Wildman–Crippen LogP) is -2.87. The van der Waals surface area contributed by atoms with Crippen molar-refractivity contribution in [2.45, 2.75) is 91.1 Å². The van der Waals surface area contributed by atoms with E-state index in [4.69, 9.17) is 18.9 Å². The number of amides is 7. The van der Waals surface area contributed by atoms with E-state index in [0.29, 0.717) is 6.42 Å². The molecule has 7 amide bonds. The fraction of sp³-hybridized carbons (Fsp3) is 0.769. The number of carboxylic acids is 2. The Hall–Kier alpha value is -4.87. The van der Waals surface area contributed by atoms with E-state index in [9.17, 15) is 70.5 Å². The Morgan fingerprint density at radius 2 is 1.07 bits per heavy atom. The quantitative estimate of drug-likeness (QED) is 0.0218. The molecule has 0 spiro atoms. The Kier molecular flexibility index (Phi) is 31.1. The number of aliphatic carboxylic acids is 2. The predicted molar refractivity (Wildman–Crippen MR) is 238 cm³/mol. The fourth-order valence-electron chi connectivity index (χ4n) is 6.27. The number of carboxylic acid groups (broad SMARTS) is 2. The second-order valence-corrected chi connectivity index (χ2v) is 19.3. The van der Waals surface area contributed by atoms with E-state index < -0.39 is 104 Å². The van der Waals surface area contributed by atoms with E-state index in [-0.39, 0.29) is 122 Å². The van der Waals surface area contributed by atoms with Gasteiger partial charge in [0.15, 0.2) is 0 Å². The maximum atomic E-state index is 12.4. The van der Waals surface area contributed by atoms with E-state index in [0.717, 1.165) is 0 Å². The zero-order valence-corrected chi connectivity index (χ0v) is 40.3. The highest BCUT2D eigenvalue weighted by atomic mass is 32.2. The van der Waals surface area contributed by atoms with Crippen molar-refractivity contribution in [1.29, 1.82) is 0 Å². The summed E-state index contributed by atoms with van der Waals surface area (Å²) < 4.78 is 67.3. The van der Waals surface area contributed by atoms with Crippen LogP contribution in [-0.2, 0) is 83.2 Å². The van der Waals surface area contributed by atoms with Crippen LogP contribution in [0.5, 0.6) is 0 Å². The van der Waals surface area contributed by atoms with Crippen LogP contribution in [0.4, 0.5) is 0 Å². The molecule has 0 saturated carbocycles. The SMILES string of the molecule is CNC(=O)CNC(=O)COCCOCCNC(=O)CCC(NC(=O)CCC(NC(=O)COCCOCCNC(=O)CCCS(=O)NC(=O)CC(C)(C)CC(C)(C)CS(=O)(=O)O)C(=O)O)C(=O)O. The molecule has 26 nitrogen and oxygen atoms in total. The minimum absolute atomic E-state index is 0.0177. The standard InChI is InChI=1S/C39H69N7O19S2/c1-38(2,25-39(3,4)26-67(59,60)61)21-32(50)46-66(58)20-6-7-29(47)41-12-14-62-17-19-65-24-35(53)45-28(37(56)57)9-11-31(49)44-27(36(54)55)8-10-30(48)42-13-15-63-16-18-64-23-34(52)43-22-33(51)40-5/h27-28H,6-26H2,1-5H3,(H,40,51)(H,41,47)(H,42,48)(H,43,52)(H,44,49)(H,45,53)(H,46,50)(H,54,55)(H,56,57)(H,59,60,61). The molecule has 3 unspecified atom stereocenters. The number of carbonyl (C=O) groups is 9. The molecule has 0 bridgehead atoms. The van der Waals surface area contributed by atoms with Crippen molar-refractivity contribution in [1.82, 2.24) is 36.6 Å². The molecular formula is C39H69N7O19S2. The van der Waals surface area contributed by atoms with Crippen LogP contribution in [0.3, 0.4) is 0 Å². The number of rotatable bonds is 39. The first-order valence-electron chi connectivity index (χ1n) is 21.2. The van der Waals surface area contributed by atoms with Gasteiger partial charge in [-0.1, -0.05) is 27.7 Å². The van der Waals surface area contributed by atoms with Crippen LogP contribution in [0.1, 0.15) is 79.1 Å². The Bertz CT molecular complexity index is 1770. The summed E-state index contributed by atoms with van der Waals surface area (Å²) in [6.07, 6.45) is -0.917. The number of hydrogen-bond donors (Lipinski definition) is 10. The number of hydrogen-bond acceptors (Lipinski definition) is 16. The van der Waals surface area contributed by atoms with Crippen molar-refractivity contribution >= 4 is 74.4 Å². The molecule has 0 aromatic carbocycles. The molecule has 386 valence electrons. The molecule has 0 heterocycles. The fourth-order valence-corrected chi connectivity index (χ4v) is 8.20. The summed E-state index contributed by atoms with van der Waals surface area (Å²) >= 11 is 0. The monoisotopic (exact) mass is 1000 g/mol. The third kappa shape index (κ3) is 35.9. The average Bonchev–Trinajstić information content (AvgIpc) is 3.19. The molecule has 10 N–H and O–H groups in total. The lowest BCUT2D eigenvalue weighted by Gasteiger charge is -2.33. The van der Waals surface area contributed by atoms with Gasteiger partial charge in [0.25, 0.3) is 10.1 Å². The lowest BCUT2D eigenvalue weighted by atomic mass is 9.74. The lowest BCUT2D eigenvalue weighted by molar-refractivity contribution is -0.144. The smallest absolute Gasteiger partial charge is 0.326 e. The second kappa shape index (κ2) is 33.6. The van der Waals surface area contributed by atoms with Gasteiger partial charge in [-0.3, -0.25) is 42.8 Å². The van der Waals surface area contributed by atoms with Crippen LogP contribution in [0.25, 0.3) is 0 Å². The van der Waals surface area contributed by atoms with Gasteiger partial charge in [0.05, 0.1) is 51.9 Å². The Morgan fingerprint density at radius 3 is 1.58 bits per heavy atom. The normalized spacial score (nSPS) is 13.0. The highest BCUT2D eigenvalue weighted by Crippen LogP contribution is 2.37. The van der Waals surface area contributed by atoms with E-state index in [1.54, 1.807) is 27.7 Å². The molecule has 0 aliphatic rings. The molecule has 0 aromatic rings. The summed E-state index contributed by atoms with van der Waals surface area (Å²) in [7, 11) is -4.52. The third-order valence-corrected chi connectivity index (χ3v) is 11.1. The molecule has 0 rings (SSSR count). The minimum Gasteiger partial charge on any atom is -0.480 e. The van der Waals surface area contributed by atoms with Gasteiger partial charge in [-0.2, -0.15) is 8.42 Å². The molecule has 28 heteroatoms. The van der Waals surface area contributed by atoms with Crippen LogP contribution in [0, 0.1) is 10.8 Å². The zero-order chi connectivity index (χ0) is 51.1. The van der Waals surface area contributed by atoms with Gasteiger partial charge in [-0.15, -0.1) is 0 Å². The van der Waals surface area contributed by atoms with Crippen molar-refractivity contribution in [2.75, 3.05) is 91.0 Å². The molecule has 0 saturated heterocycles. The van der Waals surface area contributed by atoms with Crippen molar-refractivity contribution in [2.24, 2.45) is 10.8 Å². The first-order chi connectivity index (χ1) is 31.2. The number of likely N-dealkylation sites (N-methyl/N-ethyl adjacent to an activating group) is 1. The Labute approximate surface area is 392 Å². The number of carbonyl (C=O) groups excluding carboxylic acids is 7. The van der Waals surface area contributed by atoms with Gasteiger partial charge < -0.3 is 61.1 Å². The molecule has 67 heavy (non-hydrogen) atoms. The van der Waals surface area contributed by atoms with Gasteiger partial charge in [0.1, 0.15) is 36.3 Å². The molecular weight excluding hydrogens is 935 g/mol. The minimum atomic E-state index is -4.21. The van der Waals surface area contributed by atoms with Crippen molar-refractivity contribution in [3.05, 3.63) is 0 Å². The summed E-state index contributed by atoms with van der Waals surface area (Å²) in [4.78, 5) is 107. The maximum Gasteiger partial charge on any atom is 0.326 e. The van der Waals surface area contributed by atoms with E-state index in [2.05, 4.69) is 36.6 Å². The number of nitrogens with one attached hydrogen (secondary N) is 7. The first kappa shape index (κ1) is 62.1. The highest BCUT2D eigenvalue weighted by molar-refractivity contribution is 7.85. The maximum absolute atomic E-state index is 12.4. The summed E-state index contributed by atoms with van der Waals surface area (Å²) in [5.41, 5.74) is -1.46. The molecule has 0 fully saturated rings. The van der Waals surface area contributed by atoms with Crippen LogP contribution >= 0.6 is 0 Å². The third-order valence-electron chi connectivity index (χ3n) is 8.79. The van der Waals surface area contributed by atoms with Gasteiger partial charge in [-0.25, -0.2) is 13.8 Å². The topological polar surface area (TPSA) is 387 Å². The first-order valence-corrected chi connectivity index (χ1v) is 24.2. The van der Waals surface area contributed by atoms with E-state index in [1.807, 2.05) is 0 Å². The van der Waals surface area contributed by atoms with Crippen molar-refractivity contribution in [3.63, 3.8) is 0 Å². The van der Waals surface area contributed by atoms with Crippen LogP contribution in [0.15, 0.2) is 0 Å². The van der Waals surface area contributed by atoms with Gasteiger partial charge in [-0.05, 0) is 36.5 Å². The zero-order valence-electron chi connectivity index (χ0n) is 38.7. The molecule has 0 aromatic heterocycles. The van der Waals surface area contributed by atoms with Crippen LogP contribution < -0.4 is 36.6 Å². The second-order valence-electron chi connectivity index (χ2n) is 16.6. The van der Waals surface area contributed by atoms with Crippen molar-refractivity contribution in [3.8, 4) is 0 Å². The average molecular weight is 1000 g/mol. The van der Waals surface area contributed by atoms with E-state index >= 15 is 0 Å². The Morgan fingerprint density at radius 1 is 0.597 bits per heavy atom. The largest absolute Gasteiger partial charge is 0.480 e. The summed E-state index contributed by atoms with van der Waals surface area (Å²) in [5.74, 6) is -7.19.